The second kappa shape index (κ2) is 3.82. The molecule has 0 aliphatic carbocycles. The molecule has 6 heteroatoms. The molecule has 1 saturated heterocycles. The molecule has 1 aromatic carbocycles. The second-order valence-corrected chi connectivity index (χ2v) is 6.44. The van der Waals surface area contributed by atoms with Crippen LogP contribution < -0.4 is 0 Å². The van der Waals surface area contributed by atoms with Crippen LogP contribution in [0.4, 0.5) is 0 Å². The van der Waals surface area contributed by atoms with E-state index in [9.17, 15) is 18.3 Å². The van der Waals surface area contributed by atoms with Crippen LogP contribution in [0.25, 0.3) is 0 Å². The van der Waals surface area contributed by atoms with Gasteiger partial charge in [-0.25, -0.2) is 13.2 Å². The number of benzene rings is 1. The molecule has 2 rings (SSSR count). The zero-order valence-electron chi connectivity index (χ0n) is 8.96. The van der Waals surface area contributed by atoms with Crippen LogP contribution in [0, 0.1) is 0 Å². The predicted octanol–water partition coefficient (Wildman–Crippen LogP) is 0.391. The molecule has 1 unspecified atom stereocenters. The van der Waals surface area contributed by atoms with E-state index >= 15 is 0 Å². The van der Waals surface area contributed by atoms with Gasteiger partial charge in [-0.3, -0.25) is 0 Å². The Morgan fingerprint density at radius 2 is 1.82 bits per heavy atom. The van der Waals surface area contributed by atoms with E-state index in [0.717, 1.165) is 0 Å². The summed E-state index contributed by atoms with van der Waals surface area (Å²) in [4.78, 5) is 10.7. The number of aliphatic hydroxyl groups is 1. The van der Waals surface area contributed by atoms with Crippen molar-refractivity contribution in [1.82, 2.24) is 0 Å². The number of hydrogen-bond acceptors (Lipinski definition) is 4. The predicted molar refractivity (Wildman–Crippen MR) is 60.6 cm³/mol. The van der Waals surface area contributed by atoms with Crippen molar-refractivity contribution in [2.45, 2.75) is 12.0 Å². The molecule has 1 heterocycles. The quantitative estimate of drug-likeness (QED) is 0.798. The van der Waals surface area contributed by atoms with E-state index in [1.165, 1.54) is 24.3 Å². The SMILES string of the molecule is O=C(O)c1ccc(C2(O)CCS(=O)(=O)C2)cc1. The first kappa shape index (κ1) is 12.1. The first-order valence-electron chi connectivity index (χ1n) is 5.09. The lowest BCUT2D eigenvalue weighted by Crippen LogP contribution is -2.26. The maximum atomic E-state index is 11.3. The van der Waals surface area contributed by atoms with Crippen LogP contribution >= 0.6 is 0 Å². The monoisotopic (exact) mass is 256 g/mol. The van der Waals surface area contributed by atoms with Gasteiger partial charge in [-0.2, -0.15) is 0 Å². The van der Waals surface area contributed by atoms with E-state index in [1.807, 2.05) is 0 Å². The Bertz CT molecular complexity index is 546. The van der Waals surface area contributed by atoms with Gasteiger partial charge in [-0.05, 0) is 24.1 Å². The number of carboxylic acids is 1. The lowest BCUT2D eigenvalue weighted by atomic mass is 9.93. The van der Waals surface area contributed by atoms with Crippen LogP contribution in [-0.4, -0.2) is 36.1 Å². The molecular weight excluding hydrogens is 244 g/mol. The minimum absolute atomic E-state index is 0.0375. The molecule has 2 N–H and O–H groups in total. The van der Waals surface area contributed by atoms with E-state index in [-0.39, 0.29) is 23.5 Å². The van der Waals surface area contributed by atoms with Gasteiger partial charge in [0.2, 0.25) is 0 Å². The highest BCUT2D eigenvalue weighted by Gasteiger charge is 2.41. The Hall–Kier alpha value is -1.40. The average molecular weight is 256 g/mol. The Balaban J connectivity index is 2.32. The number of sulfone groups is 1. The van der Waals surface area contributed by atoms with Crippen molar-refractivity contribution >= 4 is 15.8 Å². The molecule has 0 radical (unpaired) electrons. The molecule has 0 saturated carbocycles. The summed E-state index contributed by atoms with van der Waals surface area (Å²) in [6.45, 7) is 0. The maximum absolute atomic E-state index is 11.3. The first-order valence-corrected chi connectivity index (χ1v) is 6.91. The van der Waals surface area contributed by atoms with Crippen molar-refractivity contribution in [1.29, 1.82) is 0 Å². The van der Waals surface area contributed by atoms with Gasteiger partial charge in [0.05, 0.1) is 17.1 Å². The number of carbonyl (C=O) groups is 1. The van der Waals surface area contributed by atoms with Crippen LogP contribution in [0.15, 0.2) is 24.3 Å². The van der Waals surface area contributed by atoms with Crippen LogP contribution in [0.1, 0.15) is 22.3 Å². The first-order chi connectivity index (χ1) is 7.82. The molecule has 92 valence electrons. The van der Waals surface area contributed by atoms with E-state index in [0.29, 0.717) is 5.56 Å². The molecule has 1 fully saturated rings. The third-order valence-corrected chi connectivity index (χ3v) is 4.70. The zero-order chi connectivity index (χ0) is 12.7. The largest absolute Gasteiger partial charge is 0.478 e. The van der Waals surface area contributed by atoms with Gasteiger partial charge in [0.25, 0.3) is 0 Å². The lowest BCUT2D eigenvalue weighted by molar-refractivity contribution is 0.0645. The minimum atomic E-state index is -3.19. The average Bonchev–Trinajstić information content (AvgIpc) is 2.54. The van der Waals surface area contributed by atoms with Gasteiger partial charge in [-0.15, -0.1) is 0 Å². The smallest absolute Gasteiger partial charge is 0.335 e. The molecule has 5 nitrogen and oxygen atoms in total. The molecule has 0 spiro atoms. The molecule has 1 aromatic rings. The number of rotatable bonds is 2. The van der Waals surface area contributed by atoms with Crippen molar-refractivity contribution in [3.8, 4) is 0 Å². The van der Waals surface area contributed by atoms with Gasteiger partial charge < -0.3 is 10.2 Å². The highest BCUT2D eigenvalue weighted by atomic mass is 32.2. The highest BCUT2D eigenvalue weighted by Crippen LogP contribution is 2.33. The van der Waals surface area contributed by atoms with Gasteiger partial charge in [0.15, 0.2) is 9.84 Å². The van der Waals surface area contributed by atoms with Crippen molar-refractivity contribution in [3.63, 3.8) is 0 Å². The fraction of sp³-hybridized carbons (Fsp3) is 0.364. The van der Waals surface area contributed by atoms with Crippen molar-refractivity contribution in [2.24, 2.45) is 0 Å². The third kappa shape index (κ3) is 2.32. The van der Waals surface area contributed by atoms with E-state index in [2.05, 4.69) is 0 Å². The number of aromatic carboxylic acids is 1. The Kier molecular flexibility index (Phi) is 2.71. The normalized spacial score (nSPS) is 26.9. The molecule has 1 aliphatic heterocycles. The van der Waals surface area contributed by atoms with Gasteiger partial charge in [0, 0.05) is 0 Å². The van der Waals surface area contributed by atoms with Gasteiger partial charge in [-0.1, -0.05) is 12.1 Å². The third-order valence-electron chi connectivity index (χ3n) is 2.95. The number of hydrogen-bond donors (Lipinski definition) is 2. The Morgan fingerprint density at radius 1 is 1.24 bits per heavy atom. The van der Waals surface area contributed by atoms with E-state index < -0.39 is 21.4 Å². The van der Waals surface area contributed by atoms with Crippen molar-refractivity contribution in [2.75, 3.05) is 11.5 Å². The summed E-state index contributed by atoms with van der Waals surface area (Å²) in [6, 6.07) is 5.65. The molecule has 1 aliphatic rings. The minimum Gasteiger partial charge on any atom is -0.478 e. The van der Waals surface area contributed by atoms with Gasteiger partial charge >= 0.3 is 5.97 Å². The van der Waals surface area contributed by atoms with Crippen LogP contribution in [0.2, 0.25) is 0 Å². The summed E-state index contributed by atoms with van der Waals surface area (Å²) in [7, 11) is -3.19. The Labute approximate surface area is 98.6 Å². The van der Waals surface area contributed by atoms with E-state index in [4.69, 9.17) is 5.11 Å². The summed E-state index contributed by atoms with van der Waals surface area (Å²) in [6.07, 6.45) is 0.155. The second-order valence-electron chi connectivity index (χ2n) is 4.26. The van der Waals surface area contributed by atoms with Gasteiger partial charge in [0.1, 0.15) is 5.60 Å². The highest BCUT2D eigenvalue weighted by molar-refractivity contribution is 7.91. The van der Waals surface area contributed by atoms with Crippen LogP contribution in [-0.2, 0) is 15.4 Å². The summed E-state index contributed by atoms with van der Waals surface area (Å²) < 4.78 is 22.7. The summed E-state index contributed by atoms with van der Waals surface area (Å²) in [5.41, 5.74) is -0.822. The summed E-state index contributed by atoms with van der Waals surface area (Å²) >= 11 is 0. The molecular formula is C11H12O5S. The van der Waals surface area contributed by atoms with Crippen LogP contribution in [0.3, 0.4) is 0 Å². The molecule has 0 amide bonds. The summed E-state index contributed by atoms with van der Waals surface area (Å²) in [5.74, 6) is -1.39. The van der Waals surface area contributed by atoms with E-state index in [1.54, 1.807) is 0 Å². The van der Waals surface area contributed by atoms with Crippen molar-refractivity contribution < 1.29 is 23.4 Å². The Morgan fingerprint density at radius 3 is 2.24 bits per heavy atom. The van der Waals surface area contributed by atoms with Crippen molar-refractivity contribution in [3.05, 3.63) is 35.4 Å². The molecule has 17 heavy (non-hydrogen) atoms. The van der Waals surface area contributed by atoms with Crippen LogP contribution in [0.5, 0.6) is 0 Å². The molecule has 1 atom stereocenters. The fourth-order valence-corrected chi connectivity index (χ4v) is 3.81. The number of carboxylic acid groups (broad SMARTS) is 1. The molecule has 0 aromatic heterocycles. The zero-order valence-corrected chi connectivity index (χ0v) is 9.77. The molecule has 0 bridgehead atoms. The topological polar surface area (TPSA) is 91.7 Å². The lowest BCUT2D eigenvalue weighted by Gasteiger charge is -2.21. The maximum Gasteiger partial charge on any atom is 0.335 e. The fourth-order valence-electron chi connectivity index (χ4n) is 1.98. The summed E-state index contributed by atoms with van der Waals surface area (Å²) in [5, 5.41) is 18.9. The standard InChI is InChI=1S/C11H12O5S/c12-10(13)8-1-3-9(4-2-8)11(14)5-6-17(15,16)7-11/h1-4,14H,5-7H2,(H,12,13).